The molecule has 1 saturated carbocycles. The highest BCUT2D eigenvalue weighted by Crippen LogP contribution is 2.62. The number of rotatable bonds is 24. The van der Waals surface area contributed by atoms with Gasteiger partial charge in [-0.2, -0.15) is 0 Å². The molecule has 3 aliphatic rings. The first-order valence-electron chi connectivity index (χ1n) is 23.2. The number of halogens is 2. The zero-order chi connectivity index (χ0) is 46.3. The topological polar surface area (TPSA) is 129 Å². The number of carbonyl (C=O) groups is 1. The van der Waals surface area contributed by atoms with E-state index in [1.165, 1.54) is 18.2 Å². The molecular weight excluding hydrogens is 847 g/mol. The molecule has 1 fully saturated rings. The van der Waals surface area contributed by atoms with Crippen molar-refractivity contribution in [1.29, 1.82) is 0 Å². The fourth-order valence-corrected chi connectivity index (χ4v) is 9.78. The molecule has 11 nitrogen and oxygen atoms in total. The van der Waals surface area contributed by atoms with Crippen LogP contribution in [-0.2, 0) is 38.8 Å². The predicted molar refractivity (Wildman–Crippen MR) is 247 cm³/mol. The number of carbonyl (C=O) groups excluding carboxylic acids is 1. The van der Waals surface area contributed by atoms with Gasteiger partial charge in [0.2, 0.25) is 5.79 Å². The molecule has 352 valence electrons. The van der Waals surface area contributed by atoms with E-state index in [9.17, 15) is 23.8 Å². The highest BCUT2D eigenvalue weighted by molar-refractivity contribution is 6.03. The van der Waals surface area contributed by atoms with Gasteiger partial charge in [0.1, 0.15) is 49.0 Å². The minimum atomic E-state index is -1.56. The number of hydrogen-bond acceptors (Lipinski definition) is 10. The number of oxime groups is 1. The molecule has 0 bridgehead atoms. The number of aliphatic hydroxyl groups is 2. The summed E-state index contributed by atoms with van der Waals surface area (Å²) in [6, 6.07) is 26.9. The molecule has 0 spiro atoms. The quantitative estimate of drug-likeness (QED) is 0.0401. The van der Waals surface area contributed by atoms with Crippen LogP contribution in [0.1, 0.15) is 80.0 Å². The number of hydrogen-bond donors (Lipinski definition) is 2. The summed E-state index contributed by atoms with van der Waals surface area (Å²) in [7, 11) is 0. The van der Waals surface area contributed by atoms with Crippen molar-refractivity contribution in [2.24, 2.45) is 22.9 Å². The van der Waals surface area contributed by atoms with Crippen molar-refractivity contribution in [3.8, 4) is 11.5 Å². The molecule has 1 aliphatic heterocycles. The van der Waals surface area contributed by atoms with E-state index in [-0.39, 0.29) is 76.2 Å². The van der Waals surface area contributed by atoms with Gasteiger partial charge < -0.3 is 38.7 Å². The molecule has 2 N–H and O–H groups in total. The van der Waals surface area contributed by atoms with Crippen LogP contribution in [0.25, 0.3) is 0 Å². The maximum absolute atomic E-state index is 14.8. The molecule has 0 saturated heterocycles. The molecule has 6 unspecified atom stereocenters. The SMILES string of the molecule is C=CCOC12Oc3ccc(OCc4ccccc4F)cc3C3C(CCCCO)C(CCCCO)C=C(C(=NOCC)CC1N(Cc1ccc(F)cc1)C(=O)OCCOCc1ccccc1)C32. The molecule has 66 heavy (non-hydrogen) atoms. The third-order valence-electron chi connectivity index (χ3n) is 12.7. The van der Waals surface area contributed by atoms with Crippen molar-refractivity contribution in [2.45, 2.75) is 89.4 Å². The number of fused-ring (bicyclic) bond motifs is 2. The molecule has 1 amide bonds. The van der Waals surface area contributed by atoms with E-state index in [1.807, 2.05) is 49.4 Å². The Labute approximate surface area is 386 Å². The Balaban J connectivity index is 1.36. The minimum absolute atomic E-state index is 0.00660. The zero-order valence-electron chi connectivity index (χ0n) is 37.7. The Bertz CT molecular complexity index is 2260. The van der Waals surface area contributed by atoms with Crippen LogP contribution < -0.4 is 9.47 Å². The van der Waals surface area contributed by atoms with Crippen molar-refractivity contribution >= 4 is 11.8 Å². The van der Waals surface area contributed by atoms with Gasteiger partial charge in [-0.05, 0) is 97.5 Å². The average molecular weight is 909 g/mol. The van der Waals surface area contributed by atoms with Crippen LogP contribution in [0.2, 0.25) is 0 Å². The predicted octanol–water partition coefficient (Wildman–Crippen LogP) is 10.1. The van der Waals surface area contributed by atoms with Gasteiger partial charge in [0.25, 0.3) is 0 Å². The monoisotopic (exact) mass is 908 g/mol. The molecule has 6 atom stereocenters. The Morgan fingerprint density at radius 1 is 0.909 bits per heavy atom. The lowest BCUT2D eigenvalue weighted by Crippen LogP contribution is -2.70. The normalized spacial score (nSPS) is 22.3. The number of benzene rings is 4. The average Bonchev–Trinajstić information content (AvgIpc) is 3.33. The standard InChI is InChI=1S/C53H62F2N2O9/c1-3-28-64-53-49(57(34-37-20-22-41(54)23-21-37)52(60)62-30-29-61-35-38-14-6-5-7-15-38)33-47(56-65-4-2)44-31-39(16-10-12-26-58)43(18-11-13-27-59)50(51(44)53)45-32-42(24-25-48(45)66-53)63-36-40-17-8-9-19-46(40)55/h3,5-9,14-15,17,19-25,31-32,39,43,49-51,58-59H,1,4,10-13,16,18,26-30,33-36H2,2H3. The second-order valence-electron chi connectivity index (χ2n) is 17.0. The van der Waals surface area contributed by atoms with Gasteiger partial charge in [0.15, 0.2) is 0 Å². The second kappa shape index (κ2) is 23.7. The van der Waals surface area contributed by atoms with Gasteiger partial charge in [0.05, 0.1) is 31.5 Å². The smallest absolute Gasteiger partial charge is 0.410 e. The van der Waals surface area contributed by atoms with E-state index in [2.05, 4.69) is 12.7 Å². The minimum Gasteiger partial charge on any atom is -0.489 e. The number of amides is 1. The van der Waals surface area contributed by atoms with E-state index < -0.39 is 29.7 Å². The second-order valence-corrected chi connectivity index (χ2v) is 17.0. The molecule has 1 heterocycles. The third-order valence-corrected chi connectivity index (χ3v) is 12.7. The van der Waals surface area contributed by atoms with Crippen LogP contribution >= 0.6 is 0 Å². The molecule has 13 heteroatoms. The highest BCUT2D eigenvalue weighted by atomic mass is 19.1. The van der Waals surface area contributed by atoms with Gasteiger partial charge in [0, 0.05) is 43.2 Å². The van der Waals surface area contributed by atoms with Gasteiger partial charge in [-0.15, -0.1) is 6.58 Å². The Morgan fingerprint density at radius 2 is 1.67 bits per heavy atom. The first-order valence-corrected chi connectivity index (χ1v) is 23.2. The molecule has 0 aromatic heterocycles. The summed E-state index contributed by atoms with van der Waals surface area (Å²) in [4.78, 5) is 22.3. The maximum Gasteiger partial charge on any atom is 0.410 e. The van der Waals surface area contributed by atoms with Crippen molar-refractivity contribution in [2.75, 3.05) is 39.6 Å². The third kappa shape index (κ3) is 11.5. The summed E-state index contributed by atoms with van der Waals surface area (Å²) >= 11 is 0. The molecular formula is C53H62F2N2O9. The molecule has 4 aromatic rings. The Hall–Kier alpha value is -5.60. The van der Waals surface area contributed by atoms with E-state index in [0.29, 0.717) is 54.4 Å². The summed E-state index contributed by atoms with van der Waals surface area (Å²) in [6.07, 6.45) is 7.67. The van der Waals surface area contributed by atoms with Crippen molar-refractivity contribution < 1.29 is 52.3 Å². The lowest BCUT2D eigenvalue weighted by atomic mass is 9.55. The maximum atomic E-state index is 14.8. The van der Waals surface area contributed by atoms with Crippen molar-refractivity contribution in [3.63, 3.8) is 0 Å². The molecule has 0 radical (unpaired) electrons. The van der Waals surface area contributed by atoms with Crippen molar-refractivity contribution in [3.05, 3.63) is 155 Å². The summed E-state index contributed by atoms with van der Waals surface area (Å²) in [5.41, 5.74) is 4.40. The summed E-state index contributed by atoms with van der Waals surface area (Å²) in [5.74, 6) is -2.22. The van der Waals surface area contributed by atoms with Crippen LogP contribution in [0, 0.1) is 29.4 Å². The number of nitrogens with zero attached hydrogens (tertiary/aromatic N) is 2. The van der Waals surface area contributed by atoms with Crippen LogP contribution in [0.5, 0.6) is 11.5 Å². The van der Waals surface area contributed by atoms with Gasteiger partial charge in [-0.1, -0.05) is 90.8 Å². The molecule has 2 aliphatic carbocycles. The lowest BCUT2D eigenvalue weighted by molar-refractivity contribution is -0.256. The van der Waals surface area contributed by atoms with E-state index in [4.69, 9.17) is 33.7 Å². The lowest BCUT2D eigenvalue weighted by Gasteiger charge is -2.59. The van der Waals surface area contributed by atoms with E-state index in [1.54, 1.807) is 47.4 Å². The number of unbranched alkanes of at least 4 members (excludes halogenated alkanes) is 2. The fraction of sp³-hybridized carbons (Fsp3) is 0.434. The van der Waals surface area contributed by atoms with Crippen LogP contribution in [0.15, 0.2) is 127 Å². The zero-order valence-corrected chi connectivity index (χ0v) is 37.7. The Morgan fingerprint density at radius 3 is 2.41 bits per heavy atom. The van der Waals surface area contributed by atoms with Crippen LogP contribution in [0.3, 0.4) is 0 Å². The van der Waals surface area contributed by atoms with E-state index >= 15 is 0 Å². The number of aliphatic hydroxyl groups excluding tert-OH is 2. The van der Waals surface area contributed by atoms with Crippen LogP contribution in [0.4, 0.5) is 13.6 Å². The largest absolute Gasteiger partial charge is 0.489 e. The highest BCUT2D eigenvalue weighted by Gasteiger charge is 2.65. The van der Waals surface area contributed by atoms with Gasteiger partial charge in [-0.3, -0.25) is 4.90 Å². The molecule has 4 aromatic carbocycles. The fourth-order valence-electron chi connectivity index (χ4n) is 9.78. The molecule has 7 rings (SSSR count). The number of allylic oxidation sites excluding steroid dienone is 1. The van der Waals surface area contributed by atoms with Crippen molar-refractivity contribution in [1.82, 2.24) is 4.90 Å². The Kier molecular flexibility index (Phi) is 17.4. The van der Waals surface area contributed by atoms with Gasteiger partial charge >= 0.3 is 6.09 Å². The van der Waals surface area contributed by atoms with E-state index in [0.717, 1.165) is 42.4 Å². The summed E-state index contributed by atoms with van der Waals surface area (Å²) in [6.45, 7) is 6.80. The van der Waals surface area contributed by atoms with Crippen LogP contribution in [-0.4, -0.2) is 78.4 Å². The number of ether oxygens (including phenoxy) is 5. The first kappa shape index (κ1) is 48.3. The first-order chi connectivity index (χ1) is 32.3. The van der Waals surface area contributed by atoms with Gasteiger partial charge in [-0.25, -0.2) is 13.6 Å². The summed E-state index contributed by atoms with van der Waals surface area (Å²) in [5, 5.41) is 24.6. The summed E-state index contributed by atoms with van der Waals surface area (Å²) < 4.78 is 61.8.